The van der Waals surface area contributed by atoms with Gasteiger partial charge in [0.05, 0.1) is 11.7 Å². The molecule has 0 atom stereocenters. The largest absolute Gasteiger partial charge is 0.481 e. The van der Waals surface area contributed by atoms with Crippen LogP contribution in [-0.2, 0) is 11.2 Å². The van der Waals surface area contributed by atoms with E-state index < -0.39 is 17.2 Å². The Kier molecular flexibility index (Phi) is 2.65. The van der Waals surface area contributed by atoms with E-state index in [0.717, 1.165) is 0 Å². The van der Waals surface area contributed by atoms with E-state index in [-0.39, 0.29) is 6.42 Å². The topological polar surface area (TPSA) is 50.4 Å². The van der Waals surface area contributed by atoms with Crippen LogP contribution in [0.5, 0.6) is 0 Å². The van der Waals surface area contributed by atoms with Crippen LogP contribution in [0, 0.1) is 11.2 Å². The Hall–Kier alpha value is -1.84. The lowest BCUT2D eigenvalue weighted by atomic mass is 9.85. The van der Waals surface area contributed by atoms with E-state index in [9.17, 15) is 9.18 Å². The maximum Gasteiger partial charge on any atom is 0.309 e. The minimum absolute atomic E-state index is 0.130. The SMILES string of the molecule is CC(C)(Cc1c(F)ccc2occc12)C(=O)O. The zero-order valence-corrected chi connectivity index (χ0v) is 9.66. The average molecular weight is 236 g/mol. The molecule has 1 N–H and O–H groups in total. The number of halogens is 1. The third kappa shape index (κ3) is 2.02. The van der Waals surface area contributed by atoms with Gasteiger partial charge in [-0.05, 0) is 44.0 Å². The van der Waals surface area contributed by atoms with Gasteiger partial charge in [-0.1, -0.05) is 0 Å². The molecule has 0 aliphatic carbocycles. The molecule has 0 unspecified atom stereocenters. The monoisotopic (exact) mass is 236 g/mol. The van der Waals surface area contributed by atoms with E-state index in [2.05, 4.69) is 0 Å². The first kappa shape index (κ1) is 11.6. The van der Waals surface area contributed by atoms with Crippen LogP contribution in [-0.4, -0.2) is 11.1 Å². The lowest BCUT2D eigenvalue weighted by Crippen LogP contribution is -2.26. The van der Waals surface area contributed by atoms with Crippen LogP contribution in [0.2, 0.25) is 0 Å². The second-order valence-electron chi connectivity index (χ2n) is 4.72. The summed E-state index contributed by atoms with van der Waals surface area (Å²) < 4.78 is 18.9. The predicted octanol–water partition coefficient (Wildman–Crippen LogP) is 3.23. The summed E-state index contributed by atoms with van der Waals surface area (Å²) in [5.74, 6) is -1.34. The minimum Gasteiger partial charge on any atom is -0.481 e. The molecule has 2 aromatic rings. The fourth-order valence-electron chi connectivity index (χ4n) is 1.77. The molecular weight excluding hydrogens is 223 g/mol. The minimum atomic E-state index is -1.01. The first-order valence-electron chi connectivity index (χ1n) is 5.30. The van der Waals surface area contributed by atoms with Gasteiger partial charge in [0.25, 0.3) is 0 Å². The molecule has 0 spiro atoms. The van der Waals surface area contributed by atoms with Gasteiger partial charge in [-0.3, -0.25) is 4.79 Å². The quantitative estimate of drug-likeness (QED) is 0.890. The fourth-order valence-corrected chi connectivity index (χ4v) is 1.77. The Labute approximate surface area is 97.9 Å². The molecule has 0 aliphatic rings. The summed E-state index contributed by atoms with van der Waals surface area (Å²) in [6, 6.07) is 4.51. The molecular formula is C13H13FO3. The number of hydrogen-bond donors (Lipinski definition) is 1. The third-order valence-electron chi connectivity index (χ3n) is 2.89. The first-order valence-corrected chi connectivity index (χ1v) is 5.30. The van der Waals surface area contributed by atoms with Gasteiger partial charge in [0.15, 0.2) is 0 Å². The molecule has 17 heavy (non-hydrogen) atoms. The maximum atomic E-state index is 13.8. The van der Waals surface area contributed by atoms with Crippen molar-refractivity contribution in [1.29, 1.82) is 0 Å². The molecule has 1 heterocycles. The van der Waals surface area contributed by atoms with Crippen molar-refractivity contribution in [3.05, 3.63) is 35.8 Å². The Morgan fingerprint density at radius 1 is 1.41 bits per heavy atom. The van der Waals surface area contributed by atoms with E-state index in [1.54, 1.807) is 26.0 Å². The maximum absolute atomic E-state index is 13.8. The summed E-state index contributed by atoms with van der Waals surface area (Å²) >= 11 is 0. The highest BCUT2D eigenvalue weighted by Gasteiger charge is 2.29. The van der Waals surface area contributed by atoms with Gasteiger partial charge in [-0.15, -0.1) is 0 Å². The summed E-state index contributed by atoms with van der Waals surface area (Å²) in [5.41, 5.74) is -0.0434. The molecule has 3 nitrogen and oxygen atoms in total. The van der Waals surface area contributed by atoms with Crippen molar-refractivity contribution in [3.63, 3.8) is 0 Å². The lowest BCUT2D eigenvalue weighted by molar-refractivity contribution is -0.146. The highest BCUT2D eigenvalue weighted by Crippen LogP contribution is 2.29. The van der Waals surface area contributed by atoms with E-state index in [1.807, 2.05) is 0 Å². The molecule has 0 saturated carbocycles. The van der Waals surface area contributed by atoms with Gasteiger partial charge in [-0.2, -0.15) is 0 Å². The predicted molar refractivity (Wildman–Crippen MR) is 61.3 cm³/mol. The second-order valence-corrected chi connectivity index (χ2v) is 4.72. The number of benzene rings is 1. The van der Waals surface area contributed by atoms with E-state index in [1.165, 1.54) is 12.3 Å². The Balaban J connectivity index is 2.51. The van der Waals surface area contributed by atoms with Crippen LogP contribution in [0.15, 0.2) is 28.9 Å². The summed E-state index contributed by atoms with van der Waals surface area (Å²) in [4.78, 5) is 11.1. The lowest BCUT2D eigenvalue weighted by Gasteiger charge is -2.19. The van der Waals surface area contributed by atoms with E-state index >= 15 is 0 Å². The highest BCUT2D eigenvalue weighted by atomic mass is 19.1. The van der Waals surface area contributed by atoms with Crippen LogP contribution in [0.25, 0.3) is 11.0 Å². The van der Waals surface area contributed by atoms with Gasteiger partial charge in [0.1, 0.15) is 11.4 Å². The van der Waals surface area contributed by atoms with Crippen molar-refractivity contribution in [2.75, 3.05) is 0 Å². The number of aliphatic carboxylic acids is 1. The van der Waals surface area contributed by atoms with Gasteiger partial charge in [0.2, 0.25) is 0 Å². The van der Waals surface area contributed by atoms with Crippen LogP contribution < -0.4 is 0 Å². The molecule has 0 fully saturated rings. The average Bonchev–Trinajstić information content (AvgIpc) is 2.70. The second kappa shape index (κ2) is 3.87. The van der Waals surface area contributed by atoms with E-state index in [4.69, 9.17) is 9.52 Å². The highest BCUT2D eigenvalue weighted by molar-refractivity contribution is 5.82. The smallest absolute Gasteiger partial charge is 0.309 e. The van der Waals surface area contributed by atoms with Gasteiger partial charge in [0, 0.05) is 5.39 Å². The molecule has 4 heteroatoms. The summed E-state index contributed by atoms with van der Waals surface area (Å²) in [6.45, 7) is 3.15. The Bertz CT molecular complexity index is 569. The molecule has 2 rings (SSSR count). The number of furan rings is 1. The Morgan fingerprint density at radius 2 is 2.12 bits per heavy atom. The van der Waals surface area contributed by atoms with Gasteiger partial charge in [-0.25, -0.2) is 4.39 Å². The third-order valence-corrected chi connectivity index (χ3v) is 2.89. The van der Waals surface area contributed by atoms with Crippen molar-refractivity contribution in [1.82, 2.24) is 0 Å². The molecule has 1 aromatic heterocycles. The summed E-state index contributed by atoms with van der Waals surface area (Å²) in [5, 5.41) is 9.71. The fraction of sp³-hybridized carbons (Fsp3) is 0.308. The number of fused-ring (bicyclic) bond motifs is 1. The van der Waals surface area contributed by atoms with Crippen LogP contribution in [0.1, 0.15) is 19.4 Å². The zero-order valence-electron chi connectivity index (χ0n) is 9.66. The molecule has 0 radical (unpaired) electrons. The van der Waals surface area contributed by atoms with Crippen molar-refractivity contribution in [3.8, 4) is 0 Å². The normalized spacial score (nSPS) is 11.9. The Morgan fingerprint density at radius 3 is 2.76 bits per heavy atom. The number of carboxylic acids is 1. The van der Waals surface area contributed by atoms with Crippen LogP contribution in [0.3, 0.4) is 0 Å². The molecule has 90 valence electrons. The standard InChI is InChI=1S/C13H13FO3/c1-13(2,12(15)16)7-9-8-5-6-17-11(8)4-3-10(9)14/h3-6H,7H2,1-2H3,(H,15,16). The molecule has 0 aliphatic heterocycles. The van der Waals surface area contributed by atoms with E-state index in [0.29, 0.717) is 16.5 Å². The zero-order chi connectivity index (χ0) is 12.6. The van der Waals surface area contributed by atoms with Crippen molar-refractivity contribution < 1.29 is 18.7 Å². The van der Waals surface area contributed by atoms with Crippen molar-refractivity contribution >= 4 is 16.9 Å². The van der Waals surface area contributed by atoms with Gasteiger partial charge < -0.3 is 9.52 Å². The van der Waals surface area contributed by atoms with Crippen LogP contribution in [0.4, 0.5) is 4.39 Å². The molecule has 0 amide bonds. The number of carboxylic acid groups (broad SMARTS) is 1. The van der Waals surface area contributed by atoms with Crippen molar-refractivity contribution in [2.45, 2.75) is 20.3 Å². The molecule has 0 bridgehead atoms. The molecule has 0 saturated heterocycles. The molecule has 1 aromatic carbocycles. The number of rotatable bonds is 3. The summed E-state index contributed by atoms with van der Waals surface area (Å²) in [6.07, 6.45) is 1.60. The number of hydrogen-bond acceptors (Lipinski definition) is 2. The van der Waals surface area contributed by atoms with Gasteiger partial charge >= 0.3 is 5.97 Å². The van der Waals surface area contributed by atoms with Crippen molar-refractivity contribution in [2.24, 2.45) is 5.41 Å². The van der Waals surface area contributed by atoms with Crippen LogP contribution >= 0.6 is 0 Å². The number of carbonyl (C=O) groups is 1. The first-order chi connectivity index (χ1) is 7.92. The summed E-state index contributed by atoms with van der Waals surface area (Å²) in [7, 11) is 0.